The summed E-state index contributed by atoms with van der Waals surface area (Å²) < 4.78 is 29.5. The highest BCUT2D eigenvalue weighted by atomic mass is 19.1. The smallest absolute Gasteiger partial charge is 0.231 e. The van der Waals surface area contributed by atoms with Crippen LogP contribution in [0.4, 0.5) is 4.39 Å². The Hall–Kier alpha value is -2.15. The van der Waals surface area contributed by atoms with Crippen molar-refractivity contribution in [3.05, 3.63) is 59.4 Å². The summed E-state index contributed by atoms with van der Waals surface area (Å²) in [6.07, 6.45) is -0.541. The molecule has 0 radical (unpaired) electrons. The van der Waals surface area contributed by atoms with E-state index in [0.717, 1.165) is 22.6 Å². The largest absolute Gasteiger partial charge is 0.454 e. The van der Waals surface area contributed by atoms with Crippen LogP contribution >= 0.6 is 0 Å². The molecule has 6 heteroatoms. The maximum absolute atomic E-state index is 13.2. The van der Waals surface area contributed by atoms with Gasteiger partial charge in [0, 0.05) is 19.6 Å². The molecular weight excluding hydrogens is 349 g/mol. The van der Waals surface area contributed by atoms with E-state index in [4.69, 9.17) is 14.2 Å². The Kier molecular flexibility index (Phi) is 6.66. The van der Waals surface area contributed by atoms with Gasteiger partial charge in [0.2, 0.25) is 6.79 Å². The van der Waals surface area contributed by atoms with Crippen molar-refractivity contribution in [1.82, 2.24) is 4.90 Å². The Balaban J connectivity index is 1.69. The number of nitrogens with zero attached hydrogens (tertiary/aromatic N) is 1. The van der Waals surface area contributed by atoms with Gasteiger partial charge in [-0.15, -0.1) is 0 Å². The second kappa shape index (κ2) is 9.17. The fraction of sp³-hybridized carbons (Fsp3) is 0.429. The van der Waals surface area contributed by atoms with Gasteiger partial charge in [-0.1, -0.05) is 18.2 Å². The summed E-state index contributed by atoms with van der Waals surface area (Å²) in [6, 6.07) is 12.3. The molecule has 1 heterocycles. The fourth-order valence-electron chi connectivity index (χ4n) is 2.98. The zero-order chi connectivity index (χ0) is 19.2. The highest BCUT2D eigenvalue weighted by Crippen LogP contribution is 2.32. The van der Waals surface area contributed by atoms with E-state index < -0.39 is 6.10 Å². The van der Waals surface area contributed by atoms with Crippen LogP contribution in [0.5, 0.6) is 11.5 Å². The number of rotatable bonds is 9. The molecule has 2 aromatic rings. The molecule has 0 aromatic heterocycles. The van der Waals surface area contributed by atoms with Gasteiger partial charge >= 0.3 is 0 Å². The summed E-state index contributed by atoms with van der Waals surface area (Å²) in [7, 11) is 0. The number of fused-ring (bicyclic) bond motifs is 1. The molecule has 0 aliphatic carbocycles. The van der Waals surface area contributed by atoms with Crippen LogP contribution in [-0.4, -0.2) is 42.2 Å². The number of aliphatic hydroxyl groups is 1. The number of hydrogen-bond acceptors (Lipinski definition) is 5. The molecule has 146 valence electrons. The average molecular weight is 375 g/mol. The second-order valence-corrected chi connectivity index (χ2v) is 7.02. The lowest BCUT2D eigenvalue weighted by Crippen LogP contribution is -2.34. The molecule has 0 bridgehead atoms. The standard InChI is InChI=1S/C21H26FNO4/c1-15(2)25-13-19(24)12-23(10-16-3-6-18(22)7-4-16)11-17-5-8-20-21(9-17)27-14-26-20/h3-9,15,19,24H,10-14H2,1-2H3/t19-/m0/s1. The van der Waals surface area contributed by atoms with E-state index in [1.54, 1.807) is 12.1 Å². The maximum Gasteiger partial charge on any atom is 0.231 e. The van der Waals surface area contributed by atoms with E-state index in [9.17, 15) is 9.50 Å². The van der Waals surface area contributed by atoms with Crippen LogP contribution in [0.15, 0.2) is 42.5 Å². The van der Waals surface area contributed by atoms with Gasteiger partial charge in [-0.3, -0.25) is 4.90 Å². The van der Waals surface area contributed by atoms with Crippen LogP contribution in [-0.2, 0) is 17.8 Å². The van der Waals surface area contributed by atoms with E-state index >= 15 is 0 Å². The Morgan fingerprint density at radius 3 is 2.44 bits per heavy atom. The second-order valence-electron chi connectivity index (χ2n) is 7.02. The summed E-state index contributed by atoms with van der Waals surface area (Å²) in [5, 5.41) is 10.4. The average Bonchev–Trinajstić information content (AvgIpc) is 3.09. The van der Waals surface area contributed by atoms with Gasteiger partial charge in [-0.25, -0.2) is 4.39 Å². The summed E-state index contributed by atoms with van der Waals surface area (Å²) in [5.74, 6) is 1.22. The minimum absolute atomic E-state index is 0.0686. The Labute approximate surface area is 159 Å². The molecule has 0 spiro atoms. The van der Waals surface area contributed by atoms with Gasteiger partial charge in [-0.05, 0) is 49.2 Å². The minimum atomic E-state index is -0.609. The van der Waals surface area contributed by atoms with Gasteiger partial charge in [0.15, 0.2) is 11.5 Å². The normalized spacial score (nSPS) is 14.1. The quantitative estimate of drug-likeness (QED) is 0.729. The van der Waals surface area contributed by atoms with Crippen LogP contribution in [0, 0.1) is 5.82 Å². The summed E-state index contributed by atoms with van der Waals surface area (Å²) >= 11 is 0. The van der Waals surface area contributed by atoms with E-state index in [1.165, 1.54) is 12.1 Å². The van der Waals surface area contributed by atoms with Crippen LogP contribution in [0.3, 0.4) is 0 Å². The van der Waals surface area contributed by atoms with Crippen molar-refractivity contribution in [2.45, 2.75) is 39.1 Å². The Bertz CT molecular complexity index is 735. The molecule has 0 unspecified atom stereocenters. The molecule has 1 N–H and O–H groups in total. The fourth-order valence-corrected chi connectivity index (χ4v) is 2.98. The van der Waals surface area contributed by atoms with Crippen molar-refractivity contribution in [3.63, 3.8) is 0 Å². The molecule has 1 aliphatic heterocycles. The van der Waals surface area contributed by atoms with Gasteiger partial charge in [0.25, 0.3) is 0 Å². The minimum Gasteiger partial charge on any atom is -0.454 e. The van der Waals surface area contributed by atoms with Crippen molar-refractivity contribution in [2.24, 2.45) is 0 Å². The number of aliphatic hydroxyl groups excluding tert-OH is 1. The number of hydrogen-bond donors (Lipinski definition) is 1. The summed E-state index contributed by atoms with van der Waals surface area (Å²) in [6.45, 7) is 6.05. The van der Waals surface area contributed by atoms with Crippen molar-refractivity contribution in [2.75, 3.05) is 19.9 Å². The molecule has 1 atom stereocenters. The van der Waals surface area contributed by atoms with E-state index in [2.05, 4.69) is 4.90 Å². The number of halogens is 1. The van der Waals surface area contributed by atoms with Crippen LogP contribution in [0.2, 0.25) is 0 Å². The van der Waals surface area contributed by atoms with Crippen LogP contribution < -0.4 is 9.47 Å². The monoisotopic (exact) mass is 375 g/mol. The maximum atomic E-state index is 13.2. The van der Waals surface area contributed by atoms with Gasteiger partial charge < -0.3 is 19.3 Å². The molecule has 0 saturated heterocycles. The molecule has 0 amide bonds. The SMILES string of the molecule is CC(C)OC[C@@H](O)CN(Cc1ccc(F)cc1)Cc1ccc2c(c1)OCO2. The Morgan fingerprint density at radius 2 is 1.70 bits per heavy atom. The van der Waals surface area contributed by atoms with Crippen molar-refractivity contribution in [1.29, 1.82) is 0 Å². The number of ether oxygens (including phenoxy) is 3. The molecule has 0 fully saturated rings. The predicted molar refractivity (Wildman–Crippen MR) is 100 cm³/mol. The van der Waals surface area contributed by atoms with Gasteiger partial charge in [0.1, 0.15) is 5.82 Å². The highest BCUT2D eigenvalue weighted by molar-refractivity contribution is 5.44. The lowest BCUT2D eigenvalue weighted by molar-refractivity contribution is -0.0106. The zero-order valence-electron chi connectivity index (χ0n) is 15.7. The predicted octanol–water partition coefficient (Wildman–Crippen LogP) is 3.34. The van der Waals surface area contributed by atoms with Crippen molar-refractivity contribution in [3.8, 4) is 11.5 Å². The highest BCUT2D eigenvalue weighted by Gasteiger charge is 2.17. The first-order valence-corrected chi connectivity index (χ1v) is 9.14. The molecule has 3 rings (SSSR count). The van der Waals surface area contributed by atoms with E-state index in [-0.39, 0.29) is 25.3 Å². The third kappa shape index (κ3) is 5.92. The van der Waals surface area contributed by atoms with Gasteiger partial charge in [0.05, 0.1) is 18.8 Å². The third-order valence-electron chi connectivity index (χ3n) is 4.25. The van der Waals surface area contributed by atoms with Crippen LogP contribution in [0.1, 0.15) is 25.0 Å². The lowest BCUT2D eigenvalue weighted by atomic mass is 10.1. The Morgan fingerprint density at radius 1 is 1.04 bits per heavy atom. The molecule has 27 heavy (non-hydrogen) atoms. The molecular formula is C21H26FNO4. The number of benzene rings is 2. The zero-order valence-corrected chi connectivity index (χ0v) is 15.7. The first kappa shape index (κ1) is 19.6. The third-order valence-corrected chi connectivity index (χ3v) is 4.25. The van der Waals surface area contributed by atoms with Crippen molar-refractivity contribution < 1.29 is 23.7 Å². The van der Waals surface area contributed by atoms with E-state index in [0.29, 0.717) is 19.6 Å². The van der Waals surface area contributed by atoms with Crippen LogP contribution in [0.25, 0.3) is 0 Å². The summed E-state index contributed by atoms with van der Waals surface area (Å²) in [4.78, 5) is 2.11. The molecule has 1 aliphatic rings. The van der Waals surface area contributed by atoms with Gasteiger partial charge in [-0.2, -0.15) is 0 Å². The first-order chi connectivity index (χ1) is 13.0. The molecule has 0 saturated carbocycles. The first-order valence-electron chi connectivity index (χ1n) is 9.14. The topological polar surface area (TPSA) is 51.2 Å². The molecule has 2 aromatic carbocycles. The van der Waals surface area contributed by atoms with Crippen molar-refractivity contribution >= 4 is 0 Å². The van der Waals surface area contributed by atoms with E-state index in [1.807, 2.05) is 32.0 Å². The lowest BCUT2D eigenvalue weighted by Gasteiger charge is -2.26. The molecule has 5 nitrogen and oxygen atoms in total. The summed E-state index contributed by atoms with van der Waals surface area (Å²) in [5.41, 5.74) is 2.03.